The van der Waals surface area contributed by atoms with Crippen molar-refractivity contribution in [2.24, 2.45) is 0 Å². The van der Waals surface area contributed by atoms with E-state index in [2.05, 4.69) is 9.72 Å². The van der Waals surface area contributed by atoms with E-state index >= 15 is 0 Å². The smallest absolute Gasteiger partial charge is 0.402 e. The Labute approximate surface area is 96.1 Å². The molecule has 0 fully saturated rings. The van der Waals surface area contributed by atoms with Gasteiger partial charge in [-0.05, 0) is 9.91 Å². The van der Waals surface area contributed by atoms with Gasteiger partial charge in [-0.3, -0.25) is 0 Å². The summed E-state index contributed by atoms with van der Waals surface area (Å²) in [5, 5.41) is 10.4. The average molecular weight is 275 g/mol. The lowest BCUT2D eigenvalue weighted by atomic mass is 10.2. The largest absolute Gasteiger partial charge is 0.573 e. The van der Waals surface area contributed by atoms with Gasteiger partial charge in [-0.25, -0.2) is 0 Å². The van der Waals surface area contributed by atoms with Gasteiger partial charge in [0.05, 0.1) is 5.88 Å². The molecule has 0 spiro atoms. The molecule has 0 saturated heterocycles. The van der Waals surface area contributed by atoms with Gasteiger partial charge in [-0.2, -0.15) is 4.39 Å². The number of nitro groups is 1. The van der Waals surface area contributed by atoms with E-state index in [4.69, 9.17) is 11.6 Å². The number of halogens is 5. The van der Waals surface area contributed by atoms with E-state index in [0.29, 0.717) is 0 Å². The van der Waals surface area contributed by atoms with Crippen molar-refractivity contribution in [1.29, 1.82) is 0 Å². The molecule has 0 aliphatic carbocycles. The maximum absolute atomic E-state index is 13.0. The van der Waals surface area contributed by atoms with Crippen LogP contribution in [0.2, 0.25) is 0 Å². The fourth-order valence-electron chi connectivity index (χ4n) is 1.00. The van der Waals surface area contributed by atoms with Crippen molar-refractivity contribution in [1.82, 2.24) is 4.98 Å². The molecule has 0 bridgehead atoms. The topological polar surface area (TPSA) is 65.3 Å². The number of hydrogen-bond acceptors (Lipinski definition) is 4. The van der Waals surface area contributed by atoms with Crippen molar-refractivity contribution in [3.05, 3.63) is 27.7 Å². The van der Waals surface area contributed by atoms with Crippen LogP contribution in [0.1, 0.15) is 5.56 Å². The minimum atomic E-state index is -5.18. The summed E-state index contributed by atoms with van der Waals surface area (Å²) in [4.78, 5) is 12.4. The third kappa shape index (κ3) is 3.16. The van der Waals surface area contributed by atoms with Crippen LogP contribution in [0, 0.1) is 15.9 Å². The number of ether oxygens (including phenoxy) is 1. The SMILES string of the molecule is O=[N+]([O-])c1ncc(F)c(OC(F)(F)F)c1CCl. The fourth-order valence-corrected chi connectivity index (χ4v) is 1.24. The van der Waals surface area contributed by atoms with Gasteiger partial charge in [-0.1, -0.05) is 0 Å². The Morgan fingerprint density at radius 3 is 2.53 bits per heavy atom. The second-order valence-corrected chi connectivity index (χ2v) is 2.94. The van der Waals surface area contributed by atoms with Crippen molar-refractivity contribution in [3.63, 3.8) is 0 Å². The van der Waals surface area contributed by atoms with Crippen molar-refractivity contribution >= 4 is 17.4 Å². The predicted molar refractivity (Wildman–Crippen MR) is 47.1 cm³/mol. The predicted octanol–water partition coefficient (Wildman–Crippen LogP) is 2.77. The lowest BCUT2D eigenvalue weighted by Gasteiger charge is -2.11. The third-order valence-corrected chi connectivity index (χ3v) is 1.85. The molecule has 1 heterocycles. The van der Waals surface area contributed by atoms with Gasteiger partial charge in [0.25, 0.3) is 0 Å². The second kappa shape index (κ2) is 4.70. The van der Waals surface area contributed by atoms with Crippen LogP contribution < -0.4 is 4.74 Å². The molecule has 1 aromatic heterocycles. The normalized spacial score (nSPS) is 11.4. The lowest BCUT2D eigenvalue weighted by Crippen LogP contribution is -2.19. The summed E-state index contributed by atoms with van der Waals surface area (Å²) in [7, 11) is 0. The molecule has 0 N–H and O–H groups in total. The van der Waals surface area contributed by atoms with Crippen LogP contribution in [0.4, 0.5) is 23.4 Å². The number of rotatable bonds is 3. The first-order valence-corrected chi connectivity index (χ1v) is 4.43. The molecule has 94 valence electrons. The van der Waals surface area contributed by atoms with E-state index in [1.54, 1.807) is 0 Å². The molecule has 1 aromatic rings. The molecular formula is C7H3ClF4N2O3. The van der Waals surface area contributed by atoms with Crippen molar-refractivity contribution in [2.45, 2.75) is 12.2 Å². The van der Waals surface area contributed by atoms with Gasteiger partial charge in [0.15, 0.2) is 11.9 Å². The number of nitrogens with zero attached hydrogens (tertiary/aromatic N) is 2. The molecule has 0 aliphatic heterocycles. The number of hydrogen-bond donors (Lipinski definition) is 0. The molecule has 0 saturated carbocycles. The van der Waals surface area contributed by atoms with Crippen LogP contribution in [0.3, 0.4) is 0 Å². The first kappa shape index (κ1) is 13.4. The summed E-state index contributed by atoms with van der Waals surface area (Å²) in [5.41, 5.74) is -0.769. The van der Waals surface area contributed by atoms with E-state index in [9.17, 15) is 27.7 Å². The summed E-state index contributed by atoms with van der Waals surface area (Å²) in [6.45, 7) is 0. The molecule has 17 heavy (non-hydrogen) atoms. The lowest BCUT2D eigenvalue weighted by molar-refractivity contribution is -0.390. The highest BCUT2D eigenvalue weighted by molar-refractivity contribution is 6.17. The van der Waals surface area contributed by atoms with Crippen LogP contribution in [0.25, 0.3) is 0 Å². The van der Waals surface area contributed by atoms with E-state index in [1.807, 2.05) is 0 Å². The summed E-state index contributed by atoms with van der Waals surface area (Å²) < 4.78 is 52.2. The number of aromatic nitrogens is 1. The standard InChI is InChI=1S/C7H3ClF4N2O3/c8-1-3-5(17-7(10,11)12)4(9)2-13-6(3)14(15)16/h2H,1H2. The van der Waals surface area contributed by atoms with E-state index in [1.165, 1.54) is 0 Å². The Bertz CT molecular complexity index is 451. The Morgan fingerprint density at radius 1 is 1.53 bits per heavy atom. The molecule has 0 aromatic carbocycles. The average Bonchev–Trinajstić information content (AvgIpc) is 2.18. The van der Waals surface area contributed by atoms with E-state index in [0.717, 1.165) is 0 Å². The van der Waals surface area contributed by atoms with Gasteiger partial charge in [-0.15, -0.1) is 24.8 Å². The van der Waals surface area contributed by atoms with Crippen LogP contribution in [-0.2, 0) is 5.88 Å². The van der Waals surface area contributed by atoms with Gasteiger partial charge in [0.1, 0.15) is 5.56 Å². The molecule has 0 amide bonds. The Kier molecular flexibility index (Phi) is 3.71. The van der Waals surface area contributed by atoms with Gasteiger partial charge >= 0.3 is 12.2 Å². The monoisotopic (exact) mass is 274 g/mol. The molecule has 5 nitrogen and oxygen atoms in total. The highest BCUT2D eigenvalue weighted by Crippen LogP contribution is 2.34. The van der Waals surface area contributed by atoms with Crippen LogP contribution >= 0.6 is 11.6 Å². The maximum atomic E-state index is 13.0. The summed E-state index contributed by atoms with van der Waals surface area (Å²) in [5.74, 6) is -4.55. The first-order chi connectivity index (χ1) is 7.76. The molecule has 10 heteroatoms. The van der Waals surface area contributed by atoms with Crippen LogP contribution in [-0.4, -0.2) is 16.3 Å². The van der Waals surface area contributed by atoms with Gasteiger partial charge < -0.3 is 14.9 Å². The van der Waals surface area contributed by atoms with Crippen LogP contribution in [0.15, 0.2) is 6.20 Å². The highest BCUT2D eigenvalue weighted by Gasteiger charge is 2.36. The van der Waals surface area contributed by atoms with E-state index < -0.39 is 40.1 Å². The third-order valence-electron chi connectivity index (χ3n) is 1.59. The Morgan fingerprint density at radius 2 is 2.12 bits per heavy atom. The summed E-state index contributed by atoms with van der Waals surface area (Å²) >= 11 is 5.22. The van der Waals surface area contributed by atoms with Crippen molar-refractivity contribution in [3.8, 4) is 5.75 Å². The molecule has 0 aliphatic rings. The van der Waals surface area contributed by atoms with Crippen molar-refractivity contribution in [2.75, 3.05) is 0 Å². The minimum absolute atomic E-state index is 0.259. The Hall–Kier alpha value is -1.64. The number of pyridine rings is 1. The van der Waals surface area contributed by atoms with Crippen LogP contribution in [0.5, 0.6) is 5.75 Å². The fraction of sp³-hybridized carbons (Fsp3) is 0.286. The highest BCUT2D eigenvalue weighted by atomic mass is 35.5. The Balaban J connectivity index is 3.35. The zero-order chi connectivity index (χ0) is 13.2. The first-order valence-electron chi connectivity index (χ1n) is 3.89. The minimum Gasteiger partial charge on any atom is -0.402 e. The maximum Gasteiger partial charge on any atom is 0.573 e. The van der Waals surface area contributed by atoms with Gasteiger partial charge in [0.2, 0.25) is 5.82 Å². The van der Waals surface area contributed by atoms with Crippen molar-refractivity contribution < 1.29 is 27.2 Å². The molecule has 0 atom stereocenters. The molecule has 0 unspecified atom stereocenters. The summed E-state index contributed by atoms with van der Waals surface area (Å²) in [6.07, 6.45) is -4.92. The van der Waals surface area contributed by atoms with Gasteiger partial charge in [0, 0.05) is 0 Å². The molecule has 1 rings (SSSR count). The zero-order valence-corrected chi connectivity index (χ0v) is 8.55. The molecular weight excluding hydrogens is 272 g/mol. The molecule has 0 radical (unpaired) electrons. The summed E-state index contributed by atoms with van der Waals surface area (Å²) in [6, 6.07) is 0. The number of alkyl halides is 4. The zero-order valence-electron chi connectivity index (χ0n) is 7.79. The quantitative estimate of drug-likeness (QED) is 0.368. The second-order valence-electron chi connectivity index (χ2n) is 2.68. The van der Waals surface area contributed by atoms with E-state index in [-0.39, 0.29) is 6.20 Å².